The van der Waals surface area contributed by atoms with Crippen LogP contribution in [0.25, 0.3) is 21.9 Å². The average Bonchev–Trinajstić information content (AvgIpc) is 3.33. The van der Waals surface area contributed by atoms with Crippen molar-refractivity contribution in [3.8, 4) is 16.9 Å². The van der Waals surface area contributed by atoms with Gasteiger partial charge in [-0.25, -0.2) is 5.10 Å². The highest BCUT2D eigenvalue weighted by molar-refractivity contribution is 14.1. The molecule has 0 aliphatic carbocycles. The highest BCUT2D eigenvalue weighted by atomic mass is 127. The van der Waals surface area contributed by atoms with Gasteiger partial charge in [-0.3, -0.25) is 9.59 Å². The van der Waals surface area contributed by atoms with E-state index in [-0.39, 0.29) is 17.2 Å². The second-order valence-corrected chi connectivity index (χ2v) is 10.2. The van der Waals surface area contributed by atoms with Crippen LogP contribution in [0.4, 0.5) is 5.69 Å². The van der Waals surface area contributed by atoms with E-state index in [1.807, 2.05) is 18.3 Å². The number of hydrogen-bond acceptors (Lipinski definition) is 5. The third-order valence-electron chi connectivity index (χ3n) is 6.61. The van der Waals surface area contributed by atoms with Crippen LogP contribution in [0.5, 0.6) is 5.75 Å². The van der Waals surface area contributed by atoms with Crippen molar-refractivity contribution in [3.05, 3.63) is 84.2 Å². The predicted octanol–water partition coefficient (Wildman–Crippen LogP) is 4.88. The number of benzene rings is 2. The van der Waals surface area contributed by atoms with Crippen molar-refractivity contribution in [1.29, 1.82) is 0 Å². The van der Waals surface area contributed by atoms with E-state index in [4.69, 9.17) is 4.74 Å². The van der Waals surface area contributed by atoms with Crippen molar-refractivity contribution in [3.63, 3.8) is 0 Å². The zero-order valence-corrected chi connectivity index (χ0v) is 21.9. The number of rotatable bonds is 7. The molecule has 2 aromatic carbocycles. The van der Waals surface area contributed by atoms with Gasteiger partial charge in [-0.05, 0) is 84.0 Å². The number of para-hydroxylation sites is 1. The smallest absolute Gasteiger partial charge is 0.269 e. The Morgan fingerprint density at radius 1 is 1.23 bits per heavy atom. The van der Waals surface area contributed by atoms with Crippen molar-refractivity contribution in [2.45, 2.75) is 45.7 Å². The normalized spacial score (nSPS) is 13.5. The maximum absolute atomic E-state index is 13.2. The number of fused-ring (bicyclic) bond motifs is 2. The van der Waals surface area contributed by atoms with Crippen LogP contribution < -0.4 is 21.2 Å². The van der Waals surface area contributed by atoms with Crippen LogP contribution in [0.15, 0.2) is 58.4 Å². The molecule has 0 unspecified atom stereocenters. The fraction of sp³-hybridized carbons (Fsp3) is 0.296. The fourth-order valence-electron chi connectivity index (χ4n) is 4.62. The minimum Gasteiger partial charge on any atom is -0.492 e. The van der Waals surface area contributed by atoms with Crippen LogP contribution in [0, 0.1) is 10.5 Å². The predicted molar refractivity (Wildman–Crippen MR) is 147 cm³/mol. The maximum Gasteiger partial charge on any atom is 0.269 e. The standard InChI is InChI=1S/C27H27IN4O3/c1-16(30-24-15-29-31-26(33)17(24)2)5-4-10-32-11-8-19-13-22(23(28)14-21(19)27(32)34)20-7-3-6-18-9-12-35-25(18)20/h3,6-8,11,13-16H,4-5,9-10,12H2,1-2H3,(H2,30,31,33)/t16-/m0/s1. The van der Waals surface area contributed by atoms with Gasteiger partial charge in [-0.15, -0.1) is 0 Å². The Morgan fingerprint density at radius 3 is 2.94 bits per heavy atom. The quantitative estimate of drug-likeness (QED) is 0.304. The molecule has 3 heterocycles. The van der Waals surface area contributed by atoms with Crippen LogP contribution in [-0.2, 0) is 13.0 Å². The summed E-state index contributed by atoms with van der Waals surface area (Å²) in [4.78, 5) is 25.0. The summed E-state index contributed by atoms with van der Waals surface area (Å²) < 4.78 is 8.73. The highest BCUT2D eigenvalue weighted by Gasteiger charge is 2.19. The van der Waals surface area contributed by atoms with Crippen molar-refractivity contribution >= 4 is 39.1 Å². The van der Waals surface area contributed by atoms with Gasteiger partial charge in [0.1, 0.15) is 5.75 Å². The molecule has 0 radical (unpaired) electrons. The second kappa shape index (κ2) is 9.85. The Kier molecular flexibility index (Phi) is 6.64. The monoisotopic (exact) mass is 582 g/mol. The molecular formula is C27H27IN4O3. The molecule has 0 amide bonds. The number of halogens is 1. The summed E-state index contributed by atoms with van der Waals surface area (Å²) in [7, 11) is 0. The summed E-state index contributed by atoms with van der Waals surface area (Å²) in [5, 5.41) is 11.3. The molecule has 5 rings (SSSR count). The first-order valence-electron chi connectivity index (χ1n) is 11.8. The number of ether oxygens (including phenoxy) is 1. The zero-order valence-electron chi connectivity index (χ0n) is 19.7. The molecule has 0 saturated carbocycles. The van der Waals surface area contributed by atoms with E-state index in [0.29, 0.717) is 12.1 Å². The van der Waals surface area contributed by atoms with Gasteiger partial charge in [-0.1, -0.05) is 18.2 Å². The Bertz CT molecular complexity index is 1530. The number of nitrogens with one attached hydrogen (secondary N) is 2. The van der Waals surface area contributed by atoms with Crippen LogP contribution in [0.3, 0.4) is 0 Å². The molecule has 2 aromatic heterocycles. The molecule has 1 atom stereocenters. The summed E-state index contributed by atoms with van der Waals surface area (Å²) >= 11 is 2.32. The molecule has 180 valence electrons. The first kappa shape index (κ1) is 23.6. The maximum atomic E-state index is 13.2. The number of H-pyrrole nitrogens is 1. The number of aromatic nitrogens is 3. The minimum atomic E-state index is -0.188. The van der Waals surface area contributed by atoms with E-state index in [1.54, 1.807) is 17.7 Å². The lowest BCUT2D eigenvalue weighted by molar-refractivity contribution is 0.358. The van der Waals surface area contributed by atoms with Gasteiger partial charge in [0.15, 0.2) is 0 Å². The number of pyridine rings is 1. The molecule has 1 aliphatic heterocycles. The fourth-order valence-corrected chi connectivity index (χ4v) is 5.38. The first-order valence-corrected chi connectivity index (χ1v) is 12.9. The second-order valence-electron chi connectivity index (χ2n) is 9.05. The third-order valence-corrected chi connectivity index (χ3v) is 7.50. The molecule has 0 spiro atoms. The van der Waals surface area contributed by atoms with E-state index < -0.39 is 0 Å². The number of hydrogen-bond donors (Lipinski definition) is 2. The summed E-state index contributed by atoms with van der Waals surface area (Å²) in [5.74, 6) is 0.965. The number of aryl methyl sites for hydroxylation is 1. The van der Waals surface area contributed by atoms with E-state index >= 15 is 0 Å². The lowest BCUT2D eigenvalue weighted by Crippen LogP contribution is -2.23. The van der Waals surface area contributed by atoms with Gasteiger partial charge in [0, 0.05) is 45.3 Å². The molecule has 35 heavy (non-hydrogen) atoms. The van der Waals surface area contributed by atoms with Gasteiger partial charge >= 0.3 is 0 Å². The van der Waals surface area contributed by atoms with Gasteiger partial charge in [0.25, 0.3) is 11.1 Å². The molecule has 8 heteroatoms. The Morgan fingerprint density at radius 2 is 2.09 bits per heavy atom. The Labute approximate surface area is 216 Å². The Balaban J connectivity index is 1.32. The lowest BCUT2D eigenvalue weighted by Gasteiger charge is -2.16. The Hall–Kier alpha value is -3.14. The molecule has 0 bridgehead atoms. The lowest BCUT2D eigenvalue weighted by atomic mass is 9.99. The van der Waals surface area contributed by atoms with E-state index in [1.165, 1.54) is 5.56 Å². The minimum absolute atomic E-state index is 0.0248. The summed E-state index contributed by atoms with van der Waals surface area (Å²) in [6, 6.07) is 12.5. The molecule has 0 saturated heterocycles. The van der Waals surface area contributed by atoms with Crippen LogP contribution in [0.2, 0.25) is 0 Å². The summed E-state index contributed by atoms with van der Waals surface area (Å²) in [6.45, 7) is 5.19. The highest BCUT2D eigenvalue weighted by Crippen LogP contribution is 2.39. The third kappa shape index (κ3) is 4.71. The van der Waals surface area contributed by atoms with Crippen molar-refractivity contribution in [2.24, 2.45) is 0 Å². The van der Waals surface area contributed by atoms with Gasteiger partial charge in [-0.2, -0.15) is 5.10 Å². The molecular weight excluding hydrogens is 555 g/mol. The molecule has 0 fully saturated rings. The summed E-state index contributed by atoms with van der Waals surface area (Å²) in [5.41, 5.74) is 4.62. The average molecular weight is 582 g/mol. The number of anilines is 1. The first-order chi connectivity index (χ1) is 16.9. The number of aromatic amines is 1. The van der Waals surface area contributed by atoms with Gasteiger partial charge < -0.3 is 14.6 Å². The molecule has 4 aromatic rings. The molecule has 7 nitrogen and oxygen atoms in total. The molecule has 1 aliphatic rings. The number of nitrogens with zero attached hydrogens (tertiary/aromatic N) is 2. The zero-order chi connectivity index (χ0) is 24.5. The van der Waals surface area contributed by atoms with E-state index in [9.17, 15) is 9.59 Å². The van der Waals surface area contributed by atoms with Gasteiger partial charge in [0.2, 0.25) is 0 Å². The SMILES string of the molecule is Cc1c(N[C@@H](C)CCCn2ccc3cc(-c4cccc5c4OCC5)c(I)cc3c2=O)cn[nH]c1=O. The van der Waals surface area contributed by atoms with E-state index in [0.717, 1.165) is 62.8 Å². The van der Waals surface area contributed by atoms with Crippen LogP contribution in [0.1, 0.15) is 30.9 Å². The topological polar surface area (TPSA) is 89.0 Å². The largest absolute Gasteiger partial charge is 0.492 e. The van der Waals surface area contributed by atoms with Crippen LogP contribution >= 0.6 is 22.6 Å². The van der Waals surface area contributed by atoms with Crippen molar-refractivity contribution < 1.29 is 4.74 Å². The van der Waals surface area contributed by atoms with E-state index in [2.05, 4.69) is 69.3 Å². The van der Waals surface area contributed by atoms with Crippen molar-refractivity contribution in [1.82, 2.24) is 14.8 Å². The van der Waals surface area contributed by atoms with Gasteiger partial charge in [0.05, 0.1) is 18.5 Å². The molecule has 2 N–H and O–H groups in total. The summed E-state index contributed by atoms with van der Waals surface area (Å²) in [6.07, 6.45) is 6.14. The van der Waals surface area contributed by atoms with Crippen LogP contribution in [-0.4, -0.2) is 27.4 Å². The van der Waals surface area contributed by atoms with Crippen molar-refractivity contribution in [2.75, 3.05) is 11.9 Å².